The summed E-state index contributed by atoms with van der Waals surface area (Å²) in [7, 11) is 0. The number of carbonyl (C=O) groups is 1. The molecule has 28 heavy (non-hydrogen) atoms. The summed E-state index contributed by atoms with van der Waals surface area (Å²) >= 11 is 1.35. The van der Waals surface area contributed by atoms with E-state index in [9.17, 15) is 4.79 Å². The van der Waals surface area contributed by atoms with Gasteiger partial charge in [0.1, 0.15) is 4.88 Å². The van der Waals surface area contributed by atoms with Crippen molar-refractivity contribution in [3.63, 3.8) is 0 Å². The third-order valence-corrected chi connectivity index (χ3v) is 5.16. The van der Waals surface area contributed by atoms with Crippen LogP contribution in [0.25, 0.3) is 0 Å². The van der Waals surface area contributed by atoms with Gasteiger partial charge in [0.15, 0.2) is 5.76 Å². The van der Waals surface area contributed by atoms with Crippen molar-refractivity contribution in [2.75, 3.05) is 16.9 Å². The fourth-order valence-corrected chi connectivity index (χ4v) is 3.54. The number of nitrogens with one attached hydrogen (secondary N) is 1. The number of hydroxylamine groups is 1. The van der Waals surface area contributed by atoms with Crippen LogP contribution in [0, 0.1) is 0 Å². The zero-order valence-corrected chi connectivity index (χ0v) is 16.2. The first-order valence-corrected chi connectivity index (χ1v) is 9.85. The number of para-hydroxylation sites is 2. The number of carbonyl (C=O) groups excluding carboxylic acids is 1. The molecule has 0 aliphatic carbocycles. The fraction of sp³-hybridized carbons (Fsp3) is 0.136. The Bertz CT molecular complexity index is 956. The summed E-state index contributed by atoms with van der Waals surface area (Å²) in [6.45, 7) is 2.46. The molecule has 4 rings (SSSR count). The number of anilines is 2. The second-order valence-electron chi connectivity index (χ2n) is 6.38. The van der Waals surface area contributed by atoms with E-state index in [0.29, 0.717) is 17.2 Å². The molecule has 1 aliphatic rings. The van der Waals surface area contributed by atoms with Gasteiger partial charge in [0.2, 0.25) is 6.23 Å². The minimum Gasteiger partial charge on any atom is -0.422 e. The number of thiophene rings is 1. The predicted molar refractivity (Wildman–Crippen MR) is 111 cm³/mol. The van der Waals surface area contributed by atoms with Crippen LogP contribution in [0.2, 0.25) is 0 Å². The predicted octanol–water partition coefficient (Wildman–Crippen LogP) is 5.07. The van der Waals surface area contributed by atoms with Crippen LogP contribution in [0.5, 0.6) is 0 Å². The molecular formula is C22H20N2O3S. The van der Waals surface area contributed by atoms with E-state index in [1.807, 2.05) is 79.0 Å². The molecule has 0 radical (unpaired) electrons. The van der Waals surface area contributed by atoms with E-state index in [2.05, 4.69) is 5.32 Å². The van der Waals surface area contributed by atoms with Crippen molar-refractivity contribution in [2.24, 2.45) is 0 Å². The van der Waals surface area contributed by atoms with Gasteiger partial charge >= 0.3 is 5.97 Å². The van der Waals surface area contributed by atoms with Gasteiger partial charge in [0.25, 0.3) is 0 Å². The van der Waals surface area contributed by atoms with E-state index >= 15 is 0 Å². The lowest BCUT2D eigenvalue weighted by molar-refractivity contribution is 0.0153. The van der Waals surface area contributed by atoms with Gasteiger partial charge in [0, 0.05) is 5.69 Å². The van der Waals surface area contributed by atoms with Crippen LogP contribution in [-0.4, -0.2) is 18.7 Å². The summed E-state index contributed by atoms with van der Waals surface area (Å²) in [5.41, 5.74) is 2.73. The zero-order chi connectivity index (χ0) is 19.3. The third kappa shape index (κ3) is 4.08. The van der Waals surface area contributed by atoms with Gasteiger partial charge in [-0.25, -0.2) is 14.7 Å². The van der Waals surface area contributed by atoms with Gasteiger partial charge in [-0.05, 0) is 48.2 Å². The van der Waals surface area contributed by atoms with Crippen LogP contribution < -0.4 is 10.4 Å². The van der Waals surface area contributed by atoms with Crippen molar-refractivity contribution in [2.45, 2.75) is 13.2 Å². The molecule has 1 aromatic heterocycles. The Kier molecular flexibility index (Phi) is 5.41. The van der Waals surface area contributed by atoms with Crippen LogP contribution in [-0.2, 0) is 9.57 Å². The fourth-order valence-electron chi connectivity index (χ4n) is 2.94. The van der Waals surface area contributed by atoms with Gasteiger partial charge in [-0.15, -0.1) is 11.3 Å². The van der Waals surface area contributed by atoms with Crippen molar-refractivity contribution < 1.29 is 14.4 Å². The Morgan fingerprint density at radius 2 is 1.79 bits per heavy atom. The van der Waals surface area contributed by atoms with Gasteiger partial charge in [0.05, 0.1) is 12.2 Å². The van der Waals surface area contributed by atoms with E-state index in [0.717, 1.165) is 16.9 Å². The molecule has 0 amide bonds. The lowest BCUT2D eigenvalue weighted by Crippen LogP contribution is -2.42. The highest BCUT2D eigenvalue weighted by Crippen LogP contribution is 2.29. The van der Waals surface area contributed by atoms with Crippen molar-refractivity contribution in [1.82, 2.24) is 0 Å². The highest BCUT2D eigenvalue weighted by atomic mass is 32.1. The van der Waals surface area contributed by atoms with E-state index in [-0.39, 0.29) is 5.97 Å². The molecule has 142 valence electrons. The van der Waals surface area contributed by atoms with Gasteiger partial charge in [-0.1, -0.05) is 42.5 Å². The van der Waals surface area contributed by atoms with Crippen molar-refractivity contribution in [1.29, 1.82) is 0 Å². The average molecular weight is 392 g/mol. The maximum Gasteiger partial charge on any atom is 0.353 e. The molecule has 2 aromatic carbocycles. The molecule has 0 saturated carbocycles. The second-order valence-corrected chi connectivity index (χ2v) is 7.33. The van der Waals surface area contributed by atoms with Crippen molar-refractivity contribution in [3.8, 4) is 0 Å². The maximum absolute atomic E-state index is 12.5. The molecular weight excluding hydrogens is 372 g/mol. The SMILES string of the molecule is CC1=C(OC(=O)c2cccs2)[C@@H](Nc2ccccc2)ON(c2ccccc2)C1. The number of hydrogen-bond donors (Lipinski definition) is 1. The summed E-state index contributed by atoms with van der Waals surface area (Å²) < 4.78 is 5.75. The standard InChI is InChI=1S/C22H20N2O3S/c1-16-15-24(18-11-6-3-7-12-18)27-21(23-17-9-4-2-5-10-17)20(16)26-22(25)19-13-8-14-28-19/h2-14,21,23H,15H2,1H3/t21-/m0/s1. The van der Waals surface area contributed by atoms with Crippen LogP contribution in [0.15, 0.2) is 89.5 Å². The highest BCUT2D eigenvalue weighted by molar-refractivity contribution is 7.11. The maximum atomic E-state index is 12.5. The summed E-state index contributed by atoms with van der Waals surface area (Å²) in [6.07, 6.45) is -0.625. The molecule has 3 aromatic rings. The van der Waals surface area contributed by atoms with E-state index in [1.165, 1.54) is 11.3 Å². The number of esters is 1. The summed E-state index contributed by atoms with van der Waals surface area (Å²) in [5, 5.41) is 6.97. The van der Waals surface area contributed by atoms with E-state index in [1.54, 1.807) is 11.1 Å². The van der Waals surface area contributed by atoms with Crippen molar-refractivity contribution >= 4 is 28.7 Å². The van der Waals surface area contributed by atoms with Crippen molar-refractivity contribution in [3.05, 3.63) is 94.4 Å². The quantitative estimate of drug-likeness (QED) is 0.615. The topological polar surface area (TPSA) is 50.8 Å². The number of benzene rings is 2. The monoisotopic (exact) mass is 392 g/mol. The number of nitrogens with zero attached hydrogens (tertiary/aromatic N) is 1. The Morgan fingerprint density at radius 1 is 1.07 bits per heavy atom. The number of ether oxygens (including phenoxy) is 1. The largest absolute Gasteiger partial charge is 0.422 e. The first kappa shape index (κ1) is 18.3. The zero-order valence-electron chi connectivity index (χ0n) is 15.4. The van der Waals surface area contributed by atoms with Crippen LogP contribution >= 0.6 is 11.3 Å². The Balaban J connectivity index is 1.62. The summed E-state index contributed by atoms with van der Waals surface area (Å²) in [4.78, 5) is 19.3. The minimum atomic E-state index is -0.625. The molecule has 0 saturated heterocycles. The molecule has 2 heterocycles. The molecule has 1 aliphatic heterocycles. The van der Waals surface area contributed by atoms with Gasteiger partial charge in [-0.2, -0.15) is 0 Å². The molecule has 0 spiro atoms. The second kappa shape index (κ2) is 8.29. The molecule has 1 atom stereocenters. The smallest absolute Gasteiger partial charge is 0.353 e. The number of hydrogen-bond acceptors (Lipinski definition) is 6. The molecule has 0 unspecified atom stereocenters. The van der Waals surface area contributed by atoms with Gasteiger partial charge < -0.3 is 10.1 Å². The van der Waals surface area contributed by atoms with E-state index < -0.39 is 6.23 Å². The lowest BCUT2D eigenvalue weighted by Gasteiger charge is -2.36. The van der Waals surface area contributed by atoms with Gasteiger partial charge in [-0.3, -0.25) is 0 Å². The van der Waals surface area contributed by atoms with Crippen LogP contribution in [0.3, 0.4) is 0 Å². The Labute approximate surface area is 167 Å². The number of rotatable bonds is 5. The molecule has 1 N–H and O–H groups in total. The normalized spacial score (nSPS) is 16.8. The Morgan fingerprint density at radius 3 is 2.46 bits per heavy atom. The summed E-state index contributed by atoms with van der Waals surface area (Å²) in [5.74, 6) is 0.121. The summed E-state index contributed by atoms with van der Waals surface area (Å²) in [6, 6.07) is 23.1. The minimum absolute atomic E-state index is 0.374. The Hall–Kier alpha value is -3.09. The first-order valence-electron chi connectivity index (χ1n) is 8.97. The molecule has 5 nitrogen and oxygen atoms in total. The lowest BCUT2D eigenvalue weighted by atomic mass is 10.2. The molecule has 0 bridgehead atoms. The first-order chi connectivity index (χ1) is 13.7. The molecule has 0 fully saturated rings. The van der Waals surface area contributed by atoms with E-state index in [4.69, 9.17) is 9.57 Å². The average Bonchev–Trinajstić information content (AvgIpc) is 3.27. The van der Waals surface area contributed by atoms with Crippen LogP contribution in [0.4, 0.5) is 11.4 Å². The third-order valence-electron chi connectivity index (χ3n) is 4.31. The van der Waals surface area contributed by atoms with Crippen LogP contribution in [0.1, 0.15) is 16.6 Å². The highest BCUT2D eigenvalue weighted by Gasteiger charge is 2.31. The molecule has 6 heteroatoms.